The molecule has 12 heteroatoms. The number of carbonyl (C=O) groups is 1. The summed E-state index contributed by atoms with van der Waals surface area (Å²) in [4.78, 5) is 14.6. The number of nitrogens with one attached hydrogen (secondary N) is 1. The number of piperazine rings is 1. The van der Waals surface area contributed by atoms with E-state index >= 15 is 0 Å². The van der Waals surface area contributed by atoms with Crippen molar-refractivity contribution in [2.75, 3.05) is 31.9 Å². The van der Waals surface area contributed by atoms with E-state index in [1.54, 1.807) is 42.2 Å². The first kappa shape index (κ1) is 25.9. The van der Waals surface area contributed by atoms with E-state index in [1.807, 2.05) is 0 Å². The van der Waals surface area contributed by atoms with Crippen molar-refractivity contribution in [1.82, 2.24) is 14.5 Å². The Hall–Kier alpha value is -0.710. The third-order valence-electron chi connectivity index (χ3n) is 6.28. The second-order valence-electron chi connectivity index (χ2n) is 8.13. The van der Waals surface area contributed by atoms with Crippen molar-refractivity contribution in [3.8, 4) is 0 Å². The molecule has 1 heterocycles. The van der Waals surface area contributed by atoms with Gasteiger partial charge in [-0.05, 0) is 25.5 Å². The van der Waals surface area contributed by atoms with Gasteiger partial charge < -0.3 is 5.32 Å². The zero-order valence-electron chi connectivity index (χ0n) is 17.5. The van der Waals surface area contributed by atoms with E-state index in [1.165, 1.54) is 4.31 Å². The number of amides is 1. The second-order valence-corrected chi connectivity index (χ2v) is 12.2. The number of benzene rings is 1. The van der Waals surface area contributed by atoms with Crippen molar-refractivity contribution in [2.45, 2.75) is 47.5 Å². The zero-order chi connectivity index (χ0) is 23.8. The molecule has 0 aromatic heterocycles. The van der Waals surface area contributed by atoms with Gasteiger partial charge in [-0.3, -0.25) is 9.69 Å². The van der Waals surface area contributed by atoms with Crippen LogP contribution in [0.3, 0.4) is 0 Å². The highest BCUT2D eigenvalue weighted by atomic mass is 35.5. The van der Waals surface area contributed by atoms with E-state index in [-0.39, 0.29) is 38.4 Å². The van der Waals surface area contributed by atoms with E-state index in [2.05, 4.69) is 5.32 Å². The fourth-order valence-corrected chi connectivity index (χ4v) is 7.13. The van der Waals surface area contributed by atoms with Crippen LogP contribution in [0.2, 0.25) is 0 Å². The van der Waals surface area contributed by atoms with Gasteiger partial charge in [0.15, 0.2) is 0 Å². The standard InChI is InChI=1S/C20H26Cl3F2N3O3S/c1-2-32(30,31)28-12-10-27(11-13-28)19(9-8-18(24,25)14-16(19)21)20(22,23)26-17(29)15-6-4-3-5-7-15/h3-7,16H,2,8-14H2,1H3,(H,26,29). The molecule has 1 aliphatic carbocycles. The van der Waals surface area contributed by atoms with E-state index < -0.39 is 50.1 Å². The van der Waals surface area contributed by atoms with Crippen LogP contribution in [0, 0.1) is 0 Å². The number of nitrogens with zero attached hydrogens (tertiary/aromatic N) is 2. The summed E-state index contributed by atoms with van der Waals surface area (Å²) < 4.78 is 52.2. The molecule has 1 saturated carbocycles. The molecular formula is C20H26Cl3F2N3O3S. The summed E-state index contributed by atoms with van der Waals surface area (Å²) >= 11 is 20.0. The largest absolute Gasteiger partial charge is 0.319 e. The molecule has 6 nitrogen and oxygen atoms in total. The summed E-state index contributed by atoms with van der Waals surface area (Å²) in [6.07, 6.45) is -1.34. The zero-order valence-corrected chi connectivity index (χ0v) is 20.6. The summed E-state index contributed by atoms with van der Waals surface area (Å²) in [5, 5.41) is 1.39. The molecule has 1 N–H and O–H groups in total. The number of sulfonamides is 1. The molecule has 2 aliphatic rings. The topological polar surface area (TPSA) is 69.7 Å². The molecule has 32 heavy (non-hydrogen) atoms. The van der Waals surface area contributed by atoms with Gasteiger partial charge in [0.2, 0.25) is 20.4 Å². The molecule has 0 spiro atoms. The van der Waals surface area contributed by atoms with Gasteiger partial charge in [0.1, 0.15) is 0 Å². The fourth-order valence-electron chi connectivity index (χ4n) is 4.43. The lowest BCUT2D eigenvalue weighted by Gasteiger charge is -2.57. The van der Waals surface area contributed by atoms with Crippen LogP contribution in [0.25, 0.3) is 0 Å². The average Bonchev–Trinajstić information content (AvgIpc) is 2.73. The predicted molar refractivity (Wildman–Crippen MR) is 122 cm³/mol. The SMILES string of the molecule is CCS(=O)(=O)N1CCN(C2(C(Cl)(Cl)NC(=O)c3ccccc3)CCC(F)(F)CC2Cl)CC1. The van der Waals surface area contributed by atoms with Gasteiger partial charge in [0, 0.05) is 44.6 Å². The quantitative estimate of drug-likeness (QED) is 0.448. The van der Waals surface area contributed by atoms with Gasteiger partial charge in [0.05, 0.1) is 16.7 Å². The highest BCUT2D eigenvalue weighted by molar-refractivity contribution is 7.89. The average molecular weight is 533 g/mol. The summed E-state index contributed by atoms with van der Waals surface area (Å²) in [7, 11) is -3.40. The summed E-state index contributed by atoms with van der Waals surface area (Å²) in [5.74, 6) is -3.59. The molecule has 2 fully saturated rings. The van der Waals surface area contributed by atoms with Crippen LogP contribution >= 0.6 is 34.8 Å². The summed E-state index contributed by atoms with van der Waals surface area (Å²) in [6, 6.07) is 8.25. The van der Waals surface area contributed by atoms with Crippen LogP contribution in [0.1, 0.15) is 36.5 Å². The number of rotatable bonds is 6. The van der Waals surface area contributed by atoms with Gasteiger partial charge in [-0.25, -0.2) is 17.2 Å². The van der Waals surface area contributed by atoms with Gasteiger partial charge in [-0.1, -0.05) is 41.4 Å². The van der Waals surface area contributed by atoms with E-state index in [0.717, 1.165) is 0 Å². The Kier molecular flexibility index (Phi) is 7.69. The first-order valence-electron chi connectivity index (χ1n) is 10.3. The van der Waals surface area contributed by atoms with Crippen molar-refractivity contribution in [1.29, 1.82) is 0 Å². The monoisotopic (exact) mass is 531 g/mol. The molecule has 180 valence electrons. The van der Waals surface area contributed by atoms with E-state index in [0.29, 0.717) is 5.56 Å². The smallest absolute Gasteiger partial charge is 0.253 e. The number of hydrogen-bond donors (Lipinski definition) is 1. The van der Waals surface area contributed by atoms with Gasteiger partial charge in [0.25, 0.3) is 5.91 Å². The predicted octanol–water partition coefficient (Wildman–Crippen LogP) is 3.68. The van der Waals surface area contributed by atoms with Crippen LogP contribution in [-0.2, 0) is 10.0 Å². The minimum atomic E-state index is -3.40. The van der Waals surface area contributed by atoms with Crippen molar-refractivity contribution in [3.05, 3.63) is 35.9 Å². The molecule has 1 aromatic carbocycles. The van der Waals surface area contributed by atoms with Gasteiger partial charge in [-0.15, -0.1) is 11.6 Å². The molecule has 1 amide bonds. The molecule has 2 atom stereocenters. The fraction of sp³-hybridized carbons (Fsp3) is 0.650. The molecule has 1 aromatic rings. The van der Waals surface area contributed by atoms with Crippen LogP contribution in [0.15, 0.2) is 30.3 Å². The maximum absolute atomic E-state index is 14.2. The summed E-state index contributed by atoms with van der Waals surface area (Å²) in [6.45, 7) is 2.23. The Morgan fingerprint density at radius 2 is 1.75 bits per heavy atom. The third-order valence-corrected chi connectivity index (χ3v) is 9.52. The lowest BCUT2D eigenvalue weighted by atomic mass is 9.76. The minimum absolute atomic E-state index is 0.0371. The molecule has 0 bridgehead atoms. The number of halogens is 5. The van der Waals surface area contributed by atoms with Crippen LogP contribution < -0.4 is 5.32 Å². The van der Waals surface area contributed by atoms with Gasteiger partial charge in [-0.2, -0.15) is 4.31 Å². The number of alkyl halides is 5. The van der Waals surface area contributed by atoms with Crippen molar-refractivity contribution < 1.29 is 22.0 Å². The maximum atomic E-state index is 14.2. The first-order valence-corrected chi connectivity index (χ1v) is 13.1. The van der Waals surface area contributed by atoms with Gasteiger partial charge >= 0.3 is 0 Å². The Morgan fingerprint density at radius 3 is 2.28 bits per heavy atom. The molecular weight excluding hydrogens is 507 g/mol. The molecule has 1 aliphatic heterocycles. The molecule has 0 radical (unpaired) electrons. The Morgan fingerprint density at radius 1 is 1.16 bits per heavy atom. The number of hydrogen-bond acceptors (Lipinski definition) is 4. The van der Waals surface area contributed by atoms with Crippen LogP contribution in [0.4, 0.5) is 8.78 Å². The third kappa shape index (κ3) is 5.03. The maximum Gasteiger partial charge on any atom is 0.253 e. The van der Waals surface area contributed by atoms with Crippen LogP contribution in [-0.4, -0.2) is 76.8 Å². The van der Waals surface area contributed by atoms with E-state index in [4.69, 9.17) is 34.8 Å². The Labute approximate surface area is 202 Å². The Bertz CT molecular complexity index is 929. The van der Waals surface area contributed by atoms with Crippen molar-refractivity contribution in [2.24, 2.45) is 0 Å². The minimum Gasteiger partial charge on any atom is -0.319 e. The molecule has 3 rings (SSSR count). The Balaban J connectivity index is 1.91. The van der Waals surface area contributed by atoms with Crippen molar-refractivity contribution >= 4 is 50.7 Å². The van der Waals surface area contributed by atoms with E-state index in [9.17, 15) is 22.0 Å². The van der Waals surface area contributed by atoms with Crippen LogP contribution in [0.5, 0.6) is 0 Å². The second kappa shape index (κ2) is 9.50. The molecule has 2 unspecified atom stereocenters. The number of carbonyl (C=O) groups excluding carboxylic acids is 1. The lowest BCUT2D eigenvalue weighted by Crippen LogP contribution is -2.74. The first-order chi connectivity index (χ1) is 14.8. The summed E-state index contributed by atoms with van der Waals surface area (Å²) in [5.41, 5.74) is -1.12. The van der Waals surface area contributed by atoms with Crippen molar-refractivity contribution in [3.63, 3.8) is 0 Å². The lowest BCUT2D eigenvalue weighted by molar-refractivity contribution is -0.0904. The highest BCUT2D eigenvalue weighted by Crippen LogP contribution is 2.52. The molecule has 1 saturated heterocycles. The highest BCUT2D eigenvalue weighted by Gasteiger charge is 2.63. The normalized spacial score (nSPS) is 27.8.